The molecule has 4 rings (SSSR count). The number of carbonyl (C=O) groups excluding carboxylic acids is 1. The van der Waals surface area contributed by atoms with Crippen LogP contribution in [0.4, 0.5) is 5.69 Å². The normalized spacial score (nSPS) is 19.1. The van der Waals surface area contributed by atoms with Gasteiger partial charge in [-0.15, -0.1) is 11.3 Å². The van der Waals surface area contributed by atoms with Gasteiger partial charge >= 0.3 is 0 Å². The number of rotatable bonds is 6. The fourth-order valence-corrected chi connectivity index (χ4v) is 7.81. The molecule has 6 nitrogen and oxygen atoms in total. The Balaban J connectivity index is 1.26. The maximum Gasteiger partial charge on any atom is 0.254 e. The molecule has 0 aliphatic carbocycles. The Morgan fingerprint density at radius 2 is 1.70 bits per heavy atom. The van der Waals surface area contributed by atoms with E-state index in [1.54, 1.807) is 30.5 Å². The summed E-state index contributed by atoms with van der Waals surface area (Å²) in [6.45, 7) is 3.21. The number of sulfonamides is 1. The van der Waals surface area contributed by atoms with Crippen LogP contribution in [0, 0.1) is 11.8 Å². The second-order valence-electron chi connectivity index (χ2n) is 9.31. The summed E-state index contributed by atoms with van der Waals surface area (Å²) in [5.41, 5.74) is 1.61. The maximum atomic E-state index is 12.7. The van der Waals surface area contributed by atoms with Gasteiger partial charge in [-0.25, -0.2) is 8.42 Å². The molecule has 2 fully saturated rings. The van der Waals surface area contributed by atoms with Gasteiger partial charge < -0.3 is 9.80 Å². The lowest BCUT2D eigenvalue weighted by atomic mass is 9.83. The van der Waals surface area contributed by atoms with Gasteiger partial charge in [0, 0.05) is 46.0 Å². The largest absolute Gasteiger partial charge is 0.371 e. The number of halogens is 1. The van der Waals surface area contributed by atoms with Gasteiger partial charge in [0.1, 0.15) is 4.21 Å². The van der Waals surface area contributed by atoms with E-state index in [0.29, 0.717) is 39.7 Å². The van der Waals surface area contributed by atoms with Crippen LogP contribution in [0.15, 0.2) is 39.9 Å². The molecule has 9 heteroatoms. The van der Waals surface area contributed by atoms with Gasteiger partial charge in [-0.3, -0.25) is 4.79 Å². The highest BCUT2D eigenvalue weighted by atomic mass is 35.5. The van der Waals surface area contributed by atoms with Crippen molar-refractivity contribution in [3.8, 4) is 0 Å². The summed E-state index contributed by atoms with van der Waals surface area (Å²) in [4.78, 5) is 16.1. The summed E-state index contributed by atoms with van der Waals surface area (Å²) in [5.74, 6) is 1.19. The topological polar surface area (TPSA) is 60.9 Å². The third-order valence-corrected chi connectivity index (χ3v) is 10.5. The Hall–Kier alpha value is -1.61. The highest BCUT2D eigenvalue weighted by molar-refractivity contribution is 7.91. The zero-order valence-electron chi connectivity index (χ0n) is 19.2. The molecule has 0 unspecified atom stereocenters. The summed E-state index contributed by atoms with van der Waals surface area (Å²) in [6.07, 6.45) is 5.33. The Kier molecular flexibility index (Phi) is 7.68. The van der Waals surface area contributed by atoms with Crippen LogP contribution in [0.25, 0.3) is 0 Å². The highest BCUT2D eigenvalue weighted by Gasteiger charge is 2.31. The number of benzene rings is 1. The lowest BCUT2D eigenvalue weighted by Crippen LogP contribution is -2.39. The van der Waals surface area contributed by atoms with Crippen molar-refractivity contribution in [1.82, 2.24) is 9.21 Å². The number of thiophene rings is 1. The van der Waals surface area contributed by atoms with E-state index < -0.39 is 10.0 Å². The quantitative estimate of drug-likeness (QED) is 0.560. The van der Waals surface area contributed by atoms with Crippen molar-refractivity contribution in [3.63, 3.8) is 0 Å². The number of amides is 1. The first-order valence-corrected chi connectivity index (χ1v) is 14.3. The molecule has 33 heavy (non-hydrogen) atoms. The van der Waals surface area contributed by atoms with Crippen LogP contribution in [0.1, 0.15) is 42.5 Å². The number of hydrogen-bond acceptors (Lipinski definition) is 5. The molecule has 2 aliphatic heterocycles. The molecule has 3 heterocycles. The molecule has 0 atom stereocenters. The zero-order valence-corrected chi connectivity index (χ0v) is 21.6. The van der Waals surface area contributed by atoms with Crippen LogP contribution < -0.4 is 4.90 Å². The van der Waals surface area contributed by atoms with Gasteiger partial charge in [-0.05, 0) is 73.6 Å². The van der Waals surface area contributed by atoms with E-state index in [4.69, 9.17) is 11.6 Å². The van der Waals surface area contributed by atoms with E-state index in [9.17, 15) is 13.2 Å². The summed E-state index contributed by atoms with van der Waals surface area (Å²) in [5, 5.41) is 2.31. The predicted molar refractivity (Wildman–Crippen MR) is 135 cm³/mol. The molecule has 0 bridgehead atoms. The standard InChI is InChI=1S/C24H32ClN3O3S2/c1-26(2)24(29)21-6-5-20(17-22(21)25)27-11-7-18(8-12-27)16-19-9-13-28(14-10-19)33(30,31)23-4-3-15-32-23/h3-6,15,17-19H,7-14,16H2,1-2H3. The average Bonchev–Trinajstić information content (AvgIpc) is 3.35. The fraction of sp³-hybridized carbons (Fsp3) is 0.542. The van der Waals surface area contributed by atoms with Crippen LogP contribution in [-0.2, 0) is 10.0 Å². The minimum absolute atomic E-state index is 0.0838. The number of nitrogens with zero attached hydrogens (tertiary/aromatic N) is 3. The number of anilines is 1. The molecule has 2 aromatic rings. The summed E-state index contributed by atoms with van der Waals surface area (Å²) < 4.78 is 27.6. The van der Waals surface area contributed by atoms with Crippen molar-refractivity contribution in [1.29, 1.82) is 0 Å². The van der Waals surface area contributed by atoms with Gasteiger partial charge in [-0.1, -0.05) is 17.7 Å². The molecule has 0 spiro atoms. The van der Waals surface area contributed by atoms with Crippen LogP contribution in [0.3, 0.4) is 0 Å². The van der Waals surface area contributed by atoms with E-state index in [1.807, 2.05) is 23.6 Å². The molecule has 2 aliphatic rings. The minimum Gasteiger partial charge on any atom is -0.371 e. The minimum atomic E-state index is -3.32. The van der Waals surface area contributed by atoms with E-state index in [2.05, 4.69) is 4.90 Å². The van der Waals surface area contributed by atoms with Gasteiger partial charge in [-0.2, -0.15) is 4.31 Å². The highest BCUT2D eigenvalue weighted by Crippen LogP contribution is 2.34. The van der Waals surface area contributed by atoms with Crippen molar-refractivity contribution in [2.45, 2.75) is 36.3 Å². The second-order valence-corrected chi connectivity index (χ2v) is 12.8. The van der Waals surface area contributed by atoms with Gasteiger partial charge in [0.2, 0.25) is 0 Å². The third kappa shape index (κ3) is 5.56. The van der Waals surface area contributed by atoms with E-state index in [0.717, 1.165) is 44.5 Å². The molecule has 0 N–H and O–H groups in total. The number of carbonyl (C=O) groups is 1. The van der Waals surface area contributed by atoms with E-state index >= 15 is 0 Å². The Morgan fingerprint density at radius 1 is 1.06 bits per heavy atom. The van der Waals surface area contributed by atoms with Crippen LogP contribution in [0.5, 0.6) is 0 Å². The van der Waals surface area contributed by atoms with Crippen LogP contribution in [-0.4, -0.2) is 63.8 Å². The SMILES string of the molecule is CN(C)C(=O)c1ccc(N2CCC(CC3CCN(S(=O)(=O)c4cccs4)CC3)CC2)cc1Cl. The molecular formula is C24H32ClN3O3S2. The lowest BCUT2D eigenvalue weighted by Gasteiger charge is -2.37. The Bertz CT molecular complexity index is 1060. The van der Waals surface area contributed by atoms with Crippen LogP contribution >= 0.6 is 22.9 Å². The maximum absolute atomic E-state index is 12.7. The van der Waals surface area contributed by atoms with Crippen molar-refractivity contribution in [2.24, 2.45) is 11.8 Å². The predicted octanol–water partition coefficient (Wildman–Crippen LogP) is 4.81. The summed E-state index contributed by atoms with van der Waals surface area (Å²) in [7, 11) is 0.133. The zero-order chi connectivity index (χ0) is 23.6. The first-order chi connectivity index (χ1) is 15.8. The average molecular weight is 510 g/mol. The smallest absolute Gasteiger partial charge is 0.254 e. The monoisotopic (exact) mass is 509 g/mol. The van der Waals surface area contributed by atoms with Crippen molar-refractivity contribution >= 4 is 44.6 Å². The number of hydrogen-bond donors (Lipinski definition) is 0. The molecule has 0 saturated carbocycles. The van der Waals surface area contributed by atoms with Crippen molar-refractivity contribution < 1.29 is 13.2 Å². The first kappa shape index (κ1) is 24.5. The van der Waals surface area contributed by atoms with E-state index in [-0.39, 0.29) is 5.91 Å². The summed E-state index contributed by atoms with van der Waals surface area (Å²) in [6, 6.07) is 9.21. The molecule has 1 aromatic heterocycles. The second kappa shape index (κ2) is 10.3. The van der Waals surface area contributed by atoms with Crippen LogP contribution in [0.2, 0.25) is 5.02 Å². The Morgan fingerprint density at radius 3 is 2.24 bits per heavy atom. The lowest BCUT2D eigenvalue weighted by molar-refractivity contribution is 0.0828. The number of piperidine rings is 2. The fourth-order valence-electron chi connectivity index (χ4n) is 4.94. The molecule has 0 radical (unpaired) electrons. The summed E-state index contributed by atoms with van der Waals surface area (Å²) >= 11 is 7.70. The molecule has 1 amide bonds. The third-order valence-electron chi connectivity index (χ3n) is 6.90. The Labute approximate surface area is 206 Å². The van der Waals surface area contributed by atoms with Gasteiger partial charge in [0.15, 0.2) is 0 Å². The molecule has 2 saturated heterocycles. The molecule has 180 valence electrons. The van der Waals surface area contributed by atoms with Gasteiger partial charge in [0.05, 0.1) is 10.6 Å². The van der Waals surface area contributed by atoms with E-state index in [1.165, 1.54) is 22.7 Å². The molecular weight excluding hydrogens is 478 g/mol. The van der Waals surface area contributed by atoms with Crippen molar-refractivity contribution in [3.05, 3.63) is 46.3 Å². The molecule has 1 aromatic carbocycles. The first-order valence-electron chi connectivity index (χ1n) is 11.6. The van der Waals surface area contributed by atoms with Crippen molar-refractivity contribution in [2.75, 3.05) is 45.2 Å². The van der Waals surface area contributed by atoms with Gasteiger partial charge in [0.25, 0.3) is 15.9 Å².